The van der Waals surface area contributed by atoms with Crippen molar-refractivity contribution in [3.63, 3.8) is 0 Å². The number of rotatable bonds is 3. The molecule has 0 saturated heterocycles. The minimum Gasteiger partial charge on any atom is -0.342 e. The molecule has 1 aliphatic heterocycles. The van der Waals surface area contributed by atoms with Crippen LogP contribution in [0, 0.1) is 0 Å². The molecule has 0 spiro atoms. The van der Waals surface area contributed by atoms with Crippen LogP contribution in [-0.4, -0.2) is 21.1 Å². The lowest BCUT2D eigenvalue weighted by Crippen LogP contribution is -2.31. The maximum atomic E-state index is 4.57. The quantitative estimate of drug-likeness (QED) is 0.864. The molecule has 0 unspecified atom stereocenters. The van der Waals surface area contributed by atoms with Gasteiger partial charge in [-0.2, -0.15) is 0 Å². The Bertz CT molecular complexity index is 570. The second kappa shape index (κ2) is 4.96. The summed E-state index contributed by atoms with van der Waals surface area (Å²) in [6.07, 6.45) is 5.06. The minimum absolute atomic E-state index is 0.561. The van der Waals surface area contributed by atoms with E-state index in [-0.39, 0.29) is 0 Å². The highest BCUT2D eigenvalue weighted by atomic mass is 32.1. The van der Waals surface area contributed by atoms with Gasteiger partial charge in [0.05, 0.1) is 18.6 Å². The molecule has 0 N–H and O–H groups in total. The lowest BCUT2D eigenvalue weighted by molar-refractivity contribution is 0.650. The third-order valence-electron chi connectivity index (χ3n) is 3.68. The van der Waals surface area contributed by atoms with Crippen LogP contribution in [0.4, 0.5) is 5.13 Å². The Hall–Kier alpha value is -1.36. The molecule has 1 aliphatic rings. The zero-order chi connectivity index (χ0) is 13.4. The summed E-state index contributed by atoms with van der Waals surface area (Å²) in [4.78, 5) is 12.8. The van der Waals surface area contributed by atoms with Gasteiger partial charge >= 0.3 is 0 Å². The van der Waals surface area contributed by atoms with Gasteiger partial charge in [-0.1, -0.05) is 13.8 Å². The van der Waals surface area contributed by atoms with Gasteiger partial charge in [-0.15, -0.1) is 11.3 Å². The smallest absolute Gasteiger partial charge is 0.185 e. The lowest BCUT2D eigenvalue weighted by Gasteiger charge is -2.26. The van der Waals surface area contributed by atoms with Crippen LogP contribution in [0.2, 0.25) is 0 Å². The molecule has 0 amide bonds. The molecule has 0 bridgehead atoms. The molecular weight excluding hydrogens is 256 g/mol. The first kappa shape index (κ1) is 12.7. The van der Waals surface area contributed by atoms with Crippen molar-refractivity contribution < 1.29 is 0 Å². The average Bonchev–Trinajstić information content (AvgIpc) is 3.04. The van der Waals surface area contributed by atoms with Gasteiger partial charge in [-0.25, -0.2) is 9.97 Å². The minimum atomic E-state index is 0.561. The fourth-order valence-electron chi connectivity index (χ4n) is 2.50. The van der Waals surface area contributed by atoms with Crippen LogP contribution in [0.15, 0.2) is 12.5 Å². The van der Waals surface area contributed by atoms with E-state index in [2.05, 4.69) is 40.2 Å². The molecule has 0 saturated carbocycles. The molecule has 0 aromatic carbocycles. The normalized spacial score (nSPS) is 15.1. The summed E-state index contributed by atoms with van der Waals surface area (Å²) in [7, 11) is 0. The molecular formula is C14H20N4S. The third-order valence-corrected chi connectivity index (χ3v) is 5.04. The fourth-order valence-corrected chi connectivity index (χ4v) is 3.44. The molecule has 3 rings (SSSR count). The van der Waals surface area contributed by atoms with Gasteiger partial charge < -0.3 is 9.47 Å². The lowest BCUT2D eigenvalue weighted by atomic mass is 10.1. The van der Waals surface area contributed by atoms with E-state index in [0.717, 1.165) is 31.2 Å². The van der Waals surface area contributed by atoms with Gasteiger partial charge in [0.1, 0.15) is 0 Å². The van der Waals surface area contributed by atoms with Crippen LogP contribution >= 0.6 is 11.3 Å². The fraction of sp³-hybridized carbons (Fsp3) is 0.571. The second-order valence-corrected chi connectivity index (χ2v) is 6.34. The maximum absolute atomic E-state index is 4.57. The zero-order valence-corrected chi connectivity index (χ0v) is 12.6. The molecule has 0 atom stereocenters. The summed E-state index contributed by atoms with van der Waals surface area (Å²) in [6, 6.07) is 0. The second-order valence-electron chi connectivity index (χ2n) is 5.30. The Morgan fingerprint density at radius 3 is 2.89 bits per heavy atom. The highest BCUT2D eigenvalue weighted by molar-refractivity contribution is 7.15. The van der Waals surface area contributed by atoms with E-state index in [1.807, 2.05) is 23.9 Å². The summed E-state index contributed by atoms with van der Waals surface area (Å²) in [5.41, 5.74) is 2.62. The van der Waals surface area contributed by atoms with Crippen LogP contribution in [0.1, 0.15) is 43.0 Å². The number of hydrogen-bond acceptors (Lipinski definition) is 4. The van der Waals surface area contributed by atoms with E-state index in [0.29, 0.717) is 5.92 Å². The number of nitrogens with zero attached hydrogens (tertiary/aromatic N) is 4. The summed E-state index contributed by atoms with van der Waals surface area (Å²) in [5, 5.41) is 1.14. The van der Waals surface area contributed by atoms with Gasteiger partial charge in [0.15, 0.2) is 5.13 Å². The summed E-state index contributed by atoms with van der Waals surface area (Å²) < 4.78 is 2.26. The molecule has 102 valence electrons. The Morgan fingerprint density at radius 1 is 1.37 bits per heavy atom. The van der Waals surface area contributed by atoms with Gasteiger partial charge in [0, 0.05) is 36.3 Å². The molecule has 0 radical (unpaired) electrons. The van der Waals surface area contributed by atoms with Crippen molar-refractivity contribution >= 4 is 16.5 Å². The predicted octanol–water partition coefficient (Wildman–Crippen LogP) is 3.05. The number of aromatic nitrogens is 3. The van der Waals surface area contributed by atoms with Crippen molar-refractivity contribution in [1.82, 2.24) is 14.5 Å². The van der Waals surface area contributed by atoms with Crippen molar-refractivity contribution in [2.45, 2.75) is 46.2 Å². The van der Waals surface area contributed by atoms with E-state index in [4.69, 9.17) is 0 Å². The molecule has 3 heterocycles. The molecule has 4 nitrogen and oxygen atoms in total. The van der Waals surface area contributed by atoms with Gasteiger partial charge in [0.2, 0.25) is 0 Å². The topological polar surface area (TPSA) is 34.0 Å². The molecule has 2 aromatic heterocycles. The maximum Gasteiger partial charge on any atom is 0.185 e. The Balaban J connectivity index is 1.81. The standard InChI is InChI=1S/C14H20N4S/c1-4-17-9-16-11-8-18(6-5-12(11)17)14-15-7-13(19-14)10(2)3/h7,9-10H,4-6,8H2,1-3H3. The van der Waals surface area contributed by atoms with Gasteiger partial charge in [0.25, 0.3) is 0 Å². The van der Waals surface area contributed by atoms with Crippen LogP contribution in [-0.2, 0) is 19.5 Å². The number of imidazole rings is 1. The van der Waals surface area contributed by atoms with Crippen molar-refractivity contribution in [3.05, 3.63) is 28.8 Å². The van der Waals surface area contributed by atoms with Gasteiger partial charge in [-0.3, -0.25) is 0 Å². The van der Waals surface area contributed by atoms with E-state index in [9.17, 15) is 0 Å². The summed E-state index contributed by atoms with van der Waals surface area (Å²) in [6.45, 7) is 9.56. The molecule has 0 fully saturated rings. The number of fused-ring (bicyclic) bond motifs is 1. The Kier molecular flexibility index (Phi) is 3.31. The van der Waals surface area contributed by atoms with Crippen molar-refractivity contribution in [2.24, 2.45) is 0 Å². The molecule has 5 heteroatoms. The molecule has 0 aliphatic carbocycles. The highest BCUT2D eigenvalue weighted by Gasteiger charge is 2.22. The molecule has 2 aromatic rings. The van der Waals surface area contributed by atoms with E-state index in [1.165, 1.54) is 16.3 Å². The Morgan fingerprint density at radius 2 is 2.21 bits per heavy atom. The first-order valence-electron chi connectivity index (χ1n) is 6.92. The largest absolute Gasteiger partial charge is 0.342 e. The third kappa shape index (κ3) is 2.27. The van der Waals surface area contributed by atoms with Crippen LogP contribution in [0.3, 0.4) is 0 Å². The van der Waals surface area contributed by atoms with Gasteiger partial charge in [-0.05, 0) is 12.8 Å². The van der Waals surface area contributed by atoms with Crippen LogP contribution in [0.25, 0.3) is 0 Å². The summed E-state index contributed by atoms with van der Waals surface area (Å²) >= 11 is 1.81. The van der Waals surface area contributed by atoms with Crippen molar-refractivity contribution in [3.8, 4) is 0 Å². The van der Waals surface area contributed by atoms with E-state index in [1.54, 1.807) is 0 Å². The van der Waals surface area contributed by atoms with E-state index >= 15 is 0 Å². The number of thiazole rings is 1. The average molecular weight is 276 g/mol. The number of aryl methyl sites for hydroxylation is 1. The Labute approximate surface area is 118 Å². The van der Waals surface area contributed by atoms with Crippen molar-refractivity contribution in [2.75, 3.05) is 11.4 Å². The zero-order valence-electron chi connectivity index (χ0n) is 11.8. The van der Waals surface area contributed by atoms with Crippen LogP contribution in [0.5, 0.6) is 0 Å². The monoisotopic (exact) mass is 276 g/mol. The highest BCUT2D eigenvalue weighted by Crippen LogP contribution is 2.30. The first-order valence-corrected chi connectivity index (χ1v) is 7.74. The van der Waals surface area contributed by atoms with Crippen molar-refractivity contribution in [1.29, 1.82) is 0 Å². The predicted molar refractivity (Wildman–Crippen MR) is 78.9 cm³/mol. The molecule has 19 heavy (non-hydrogen) atoms. The SMILES string of the molecule is CCn1cnc2c1CCN(c1ncc(C(C)C)s1)C2. The number of anilines is 1. The first-order chi connectivity index (χ1) is 9.19. The summed E-state index contributed by atoms with van der Waals surface area (Å²) in [5.74, 6) is 0.561. The van der Waals surface area contributed by atoms with Crippen LogP contribution < -0.4 is 4.90 Å². The van der Waals surface area contributed by atoms with E-state index < -0.39 is 0 Å². The number of hydrogen-bond donors (Lipinski definition) is 0.